The summed E-state index contributed by atoms with van der Waals surface area (Å²) in [5.41, 5.74) is 9.00. The number of hydrogen-bond donors (Lipinski definition) is 2. The maximum absolute atomic E-state index is 14.9. The minimum Gasteiger partial charge on any atom is -0.372 e. The number of aromatic amines is 1. The third-order valence-electron chi connectivity index (χ3n) is 12.7. The lowest BCUT2D eigenvalue weighted by Gasteiger charge is -2.40. The van der Waals surface area contributed by atoms with Crippen molar-refractivity contribution in [3.05, 3.63) is 93.9 Å². The van der Waals surface area contributed by atoms with Gasteiger partial charge in [0.05, 0.1) is 17.5 Å². The van der Waals surface area contributed by atoms with E-state index >= 15 is 0 Å². The van der Waals surface area contributed by atoms with Crippen molar-refractivity contribution in [3.63, 3.8) is 0 Å². The summed E-state index contributed by atoms with van der Waals surface area (Å²) in [7, 11) is 0. The second-order valence-electron chi connectivity index (χ2n) is 16.3. The number of ether oxygens (including phenoxy) is 1. The fourth-order valence-electron chi connectivity index (χ4n) is 9.73. The maximum Gasteiger partial charge on any atom is 0.261 e. The molecule has 9 rings (SSSR count). The van der Waals surface area contributed by atoms with Crippen LogP contribution >= 0.6 is 0 Å². The van der Waals surface area contributed by atoms with Crippen molar-refractivity contribution < 1.29 is 32.3 Å². The molecule has 1 aliphatic carbocycles. The van der Waals surface area contributed by atoms with Gasteiger partial charge in [-0.1, -0.05) is 18.2 Å². The first-order valence-corrected chi connectivity index (χ1v) is 20.5. The number of imide groups is 1. The summed E-state index contributed by atoms with van der Waals surface area (Å²) in [6.07, 6.45) is 2.32. The summed E-state index contributed by atoms with van der Waals surface area (Å²) in [5.74, 6) is -0.679. The zero-order chi connectivity index (χ0) is 39.9. The van der Waals surface area contributed by atoms with Crippen molar-refractivity contribution in [1.29, 1.82) is 0 Å². The highest BCUT2D eigenvalue weighted by Crippen LogP contribution is 2.40. The third kappa shape index (κ3) is 7.59. The average Bonchev–Trinajstić information content (AvgIpc) is 3.70. The molecular formula is C44H48F3N7O4. The number of benzene rings is 3. The summed E-state index contributed by atoms with van der Waals surface area (Å²) in [6, 6.07) is 17.6. The molecule has 0 spiro atoms. The number of fused-ring (bicyclic) bond motifs is 4. The largest absolute Gasteiger partial charge is 0.372 e. The summed E-state index contributed by atoms with van der Waals surface area (Å²) in [6.45, 7) is 6.57. The molecule has 3 aromatic carbocycles. The number of nitrogens with zero attached hydrogens (tertiary/aromatic N) is 5. The van der Waals surface area contributed by atoms with Crippen LogP contribution in [0.2, 0.25) is 0 Å². The van der Waals surface area contributed by atoms with Crippen LogP contribution in [0.15, 0.2) is 60.2 Å². The Labute approximate surface area is 335 Å². The van der Waals surface area contributed by atoms with Gasteiger partial charge in [-0.05, 0) is 114 Å². The number of anilines is 2. The monoisotopic (exact) mass is 795 g/mol. The summed E-state index contributed by atoms with van der Waals surface area (Å²) in [5, 5.41) is 9.47. The molecule has 4 aliphatic heterocycles. The van der Waals surface area contributed by atoms with E-state index in [0.717, 1.165) is 110 Å². The number of carbonyl (C=O) groups excluding carboxylic acids is 3. The van der Waals surface area contributed by atoms with Crippen molar-refractivity contribution in [3.8, 4) is 0 Å². The SMILES string of the molecule is O=C1CC[C@H](N2Cc3cc(N4CCN(CC5CCN(c6ccc(C7=C(COCC(F)F)CCCc8c7ccc7n[nH]c(F)c87)cc6)CC5)CC4)ccc3C2=O)C(=O)N1. The van der Waals surface area contributed by atoms with Crippen LogP contribution < -0.4 is 15.1 Å². The fraction of sp³-hybridized carbons (Fsp3) is 0.455. The zero-order valence-corrected chi connectivity index (χ0v) is 32.5. The van der Waals surface area contributed by atoms with Crippen LogP contribution in [0, 0.1) is 11.9 Å². The zero-order valence-electron chi connectivity index (χ0n) is 32.5. The molecule has 0 radical (unpaired) electrons. The number of H-pyrrole nitrogens is 1. The van der Waals surface area contributed by atoms with Gasteiger partial charge in [0.2, 0.25) is 17.8 Å². The number of alkyl halides is 2. The topological polar surface area (TPSA) is 114 Å². The van der Waals surface area contributed by atoms with Crippen molar-refractivity contribution in [2.24, 2.45) is 5.92 Å². The first kappa shape index (κ1) is 38.3. The number of piperazine rings is 1. The second-order valence-corrected chi connectivity index (χ2v) is 16.3. The number of amides is 3. The number of nitrogens with one attached hydrogen (secondary N) is 2. The summed E-state index contributed by atoms with van der Waals surface area (Å²) < 4.78 is 46.4. The number of aromatic nitrogens is 2. The number of piperidine rings is 2. The Kier molecular flexibility index (Phi) is 10.7. The maximum atomic E-state index is 14.9. The molecule has 14 heteroatoms. The van der Waals surface area contributed by atoms with Crippen LogP contribution in [0.4, 0.5) is 24.5 Å². The highest BCUT2D eigenvalue weighted by Gasteiger charge is 2.39. The van der Waals surface area contributed by atoms with Gasteiger partial charge in [-0.3, -0.25) is 29.7 Å². The molecule has 3 fully saturated rings. The van der Waals surface area contributed by atoms with Crippen LogP contribution in [0.1, 0.15) is 71.1 Å². The Morgan fingerprint density at radius 1 is 0.828 bits per heavy atom. The van der Waals surface area contributed by atoms with Crippen LogP contribution in [0.5, 0.6) is 0 Å². The molecule has 1 atom stereocenters. The number of halogens is 3. The number of aryl methyl sites for hydroxylation is 1. The predicted molar refractivity (Wildman–Crippen MR) is 214 cm³/mol. The molecule has 11 nitrogen and oxygen atoms in total. The van der Waals surface area contributed by atoms with E-state index in [4.69, 9.17) is 4.74 Å². The summed E-state index contributed by atoms with van der Waals surface area (Å²) in [4.78, 5) is 46.2. The van der Waals surface area contributed by atoms with E-state index in [9.17, 15) is 27.6 Å². The Morgan fingerprint density at radius 3 is 2.33 bits per heavy atom. The van der Waals surface area contributed by atoms with Gasteiger partial charge in [-0.15, -0.1) is 0 Å². The third-order valence-corrected chi connectivity index (χ3v) is 12.7. The Hall–Kier alpha value is -5.21. The Morgan fingerprint density at radius 2 is 1.57 bits per heavy atom. The minimum atomic E-state index is -2.55. The highest BCUT2D eigenvalue weighted by atomic mass is 19.3. The first-order chi connectivity index (χ1) is 28.2. The molecule has 5 heterocycles. The number of rotatable bonds is 10. The molecule has 0 bridgehead atoms. The molecule has 4 aromatic rings. The van der Waals surface area contributed by atoms with Crippen LogP contribution in [0.25, 0.3) is 16.5 Å². The van der Waals surface area contributed by atoms with E-state index < -0.39 is 30.9 Å². The average molecular weight is 796 g/mol. The molecule has 0 unspecified atom stereocenters. The molecule has 58 heavy (non-hydrogen) atoms. The summed E-state index contributed by atoms with van der Waals surface area (Å²) >= 11 is 0. The van der Waals surface area contributed by atoms with Crippen LogP contribution in [-0.2, 0) is 27.3 Å². The Bertz CT molecular complexity index is 2240. The molecular weight excluding hydrogens is 748 g/mol. The van der Waals surface area contributed by atoms with Gasteiger partial charge in [0.25, 0.3) is 12.3 Å². The van der Waals surface area contributed by atoms with E-state index in [1.807, 2.05) is 24.3 Å². The van der Waals surface area contributed by atoms with Gasteiger partial charge in [-0.2, -0.15) is 9.49 Å². The molecule has 3 amide bonds. The predicted octanol–water partition coefficient (Wildman–Crippen LogP) is 5.92. The lowest BCUT2D eigenvalue weighted by molar-refractivity contribution is -0.136. The standard InChI is InChI=1S/C44H48F3N7O4/c45-38(46)26-58-25-29-2-1-3-34-35(10-11-36-41(34)42(47)50-49-36)40(29)28-4-6-31(7-5-28)52-16-14-27(15-17-52)23-51-18-20-53(21-19-51)32-8-9-33-30(22-32)24-54(44(33)57)37-12-13-39(55)48-43(37)56/h4-11,22,27,37-38H,1-3,12-21,23-26H2,(H,49,50)(H,48,55,56)/t37-/m0/s1. The smallest absolute Gasteiger partial charge is 0.261 e. The number of hydrogen-bond acceptors (Lipinski definition) is 8. The molecule has 2 N–H and O–H groups in total. The van der Waals surface area contributed by atoms with Gasteiger partial charge < -0.3 is 19.4 Å². The molecule has 304 valence electrons. The van der Waals surface area contributed by atoms with Crippen molar-refractivity contribution in [2.75, 3.05) is 68.8 Å². The quantitative estimate of drug-likeness (QED) is 0.190. The number of carbonyl (C=O) groups is 3. The van der Waals surface area contributed by atoms with E-state index in [2.05, 4.69) is 60.5 Å². The van der Waals surface area contributed by atoms with Crippen LogP contribution in [-0.4, -0.2) is 109 Å². The van der Waals surface area contributed by atoms with Crippen molar-refractivity contribution in [1.82, 2.24) is 25.3 Å². The molecule has 3 saturated heterocycles. The molecule has 1 aromatic heterocycles. The van der Waals surface area contributed by atoms with Gasteiger partial charge in [0.15, 0.2) is 0 Å². The van der Waals surface area contributed by atoms with E-state index in [-0.39, 0.29) is 24.8 Å². The van der Waals surface area contributed by atoms with Crippen molar-refractivity contribution in [2.45, 2.75) is 64.0 Å². The minimum absolute atomic E-state index is 0.0958. The highest BCUT2D eigenvalue weighted by molar-refractivity contribution is 6.05. The van der Waals surface area contributed by atoms with E-state index in [1.165, 1.54) is 0 Å². The Balaban J connectivity index is 0.802. The van der Waals surface area contributed by atoms with Crippen LogP contribution in [0.3, 0.4) is 0 Å². The lowest BCUT2D eigenvalue weighted by Crippen LogP contribution is -2.52. The fourth-order valence-corrected chi connectivity index (χ4v) is 9.73. The second kappa shape index (κ2) is 16.2. The van der Waals surface area contributed by atoms with Gasteiger partial charge in [0, 0.05) is 75.7 Å². The molecule has 0 saturated carbocycles. The lowest BCUT2D eigenvalue weighted by atomic mass is 9.89. The normalized spacial score (nSPS) is 20.9. The van der Waals surface area contributed by atoms with Crippen molar-refractivity contribution >= 4 is 45.6 Å². The van der Waals surface area contributed by atoms with Gasteiger partial charge in [-0.25, -0.2) is 8.78 Å². The van der Waals surface area contributed by atoms with Gasteiger partial charge in [0.1, 0.15) is 12.6 Å². The molecule has 5 aliphatic rings. The van der Waals surface area contributed by atoms with Gasteiger partial charge >= 0.3 is 0 Å². The first-order valence-electron chi connectivity index (χ1n) is 20.5. The van der Waals surface area contributed by atoms with E-state index in [1.54, 1.807) is 4.90 Å². The van der Waals surface area contributed by atoms with E-state index in [0.29, 0.717) is 48.2 Å².